The molecule has 3 N–H and O–H groups in total. The van der Waals surface area contributed by atoms with Gasteiger partial charge in [0.2, 0.25) is 5.91 Å². The van der Waals surface area contributed by atoms with E-state index in [9.17, 15) is 4.79 Å². The fraction of sp³-hybridized carbons (Fsp3) is 0.650. The summed E-state index contributed by atoms with van der Waals surface area (Å²) < 4.78 is 0. The van der Waals surface area contributed by atoms with Crippen molar-refractivity contribution in [2.24, 2.45) is 11.7 Å². The molecule has 0 radical (unpaired) electrons. The highest BCUT2D eigenvalue weighted by Crippen LogP contribution is 2.32. The Balaban J connectivity index is 0.00000169. The van der Waals surface area contributed by atoms with Crippen LogP contribution in [0.3, 0.4) is 0 Å². The van der Waals surface area contributed by atoms with Crippen LogP contribution in [0.5, 0.6) is 0 Å². The van der Waals surface area contributed by atoms with Gasteiger partial charge in [0, 0.05) is 24.7 Å². The van der Waals surface area contributed by atoms with E-state index in [1.807, 2.05) is 6.92 Å². The summed E-state index contributed by atoms with van der Waals surface area (Å²) in [4.78, 5) is 15.2. The molecule has 0 aromatic heterocycles. The monoisotopic (exact) mass is 401 g/mol. The van der Waals surface area contributed by atoms with Crippen LogP contribution in [0.15, 0.2) is 30.3 Å². The third kappa shape index (κ3) is 6.12. The van der Waals surface area contributed by atoms with Crippen molar-refractivity contribution >= 4 is 30.7 Å². The van der Waals surface area contributed by atoms with Gasteiger partial charge in [-0.05, 0) is 44.7 Å². The van der Waals surface area contributed by atoms with Gasteiger partial charge in [-0.15, -0.1) is 24.8 Å². The van der Waals surface area contributed by atoms with Crippen molar-refractivity contribution < 1.29 is 4.79 Å². The lowest BCUT2D eigenvalue weighted by Gasteiger charge is -2.39. The van der Waals surface area contributed by atoms with E-state index in [2.05, 4.69) is 40.5 Å². The van der Waals surface area contributed by atoms with Gasteiger partial charge in [0.1, 0.15) is 0 Å². The number of rotatable bonds is 4. The predicted molar refractivity (Wildman–Crippen MR) is 112 cm³/mol. The van der Waals surface area contributed by atoms with Gasteiger partial charge in [0.25, 0.3) is 0 Å². The molecule has 3 rings (SSSR count). The van der Waals surface area contributed by atoms with Crippen molar-refractivity contribution in [3.05, 3.63) is 35.9 Å². The van der Waals surface area contributed by atoms with E-state index in [1.165, 1.54) is 5.56 Å². The molecule has 2 aliphatic rings. The lowest BCUT2D eigenvalue weighted by atomic mass is 9.74. The van der Waals surface area contributed by atoms with Crippen LogP contribution in [-0.4, -0.2) is 35.5 Å². The standard InChI is InChI=1S/C20H31N3O.2ClH/c1-20(21)12-6-5-11-18(20)19(24)22-17-10-7-13-23(15-17)14-16-8-3-2-4-9-16;;/h2-4,8-9,17-18H,5-7,10-15,21H2,1H3,(H,22,24);2*1H. The molecule has 1 aromatic carbocycles. The SMILES string of the molecule is CC1(N)CCCCC1C(=O)NC1CCCN(Cc2ccccc2)C1.Cl.Cl. The maximum atomic E-state index is 12.7. The highest BCUT2D eigenvalue weighted by atomic mass is 35.5. The molecule has 1 saturated heterocycles. The molecule has 3 unspecified atom stereocenters. The van der Waals surface area contributed by atoms with Crippen LogP contribution < -0.4 is 11.1 Å². The van der Waals surface area contributed by atoms with Crippen LogP contribution in [0, 0.1) is 5.92 Å². The van der Waals surface area contributed by atoms with E-state index in [4.69, 9.17) is 5.73 Å². The highest BCUT2D eigenvalue weighted by molar-refractivity contribution is 5.85. The molecule has 1 heterocycles. The maximum absolute atomic E-state index is 12.7. The lowest BCUT2D eigenvalue weighted by molar-refractivity contribution is -0.129. The molecule has 26 heavy (non-hydrogen) atoms. The van der Waals surface area contributed by atoms with Gasteiger partial charge < -0.3 is 11.1 Å². The molecule has 1 aliphatic carbocycles. The minimum atomic E-state index is -0.347. The molecule has 1 amide bonds. The summed E-state index contributed by atoms with van der Waals surface area (Å²) in [6.45, 7) is 5.05. The van der Waals surface area contributed by atoms with E-state index >= 15 is 0 Å². The largest absolute Gasteiger partial charge is 0.352 e. The van der Waals surface area contributed by atoms with Crippen molar-refractivity contribution in [2.45, 2.75) is 63.6 Å². The first kappa shape index (κ1) is 23.2. The Kier molecular flexibility index (Phi) is 9.39. The zero-order valence-electron chi connectivity index (χ0n) is 15.7. The number of nitrogens with two attached hydrogens (primary N) is 1. The molecule has 2 fully saturated rings. The van der Waals surface area contributed by atoms with Crippen molar-refractivity contribution in [2.75, 3.05) is 13.1 Å². The maximum Gasteiger partial charge on any atom is 0.225 e. The second-order valence-electron chi connectivity index (χ2n) is 7.87. The van der Waals surface area contributed by atoms with Gasteiger partial charge in [-0.1, -0.05) is 43.2 Å². The number of piperidine rings is 1. The Hall–Kier alpha value is -0.810. The van der Waals surface area contributed by atoms with E-state index in [0.717, 1.165) is 58.2 Å². The number of nitrogens with one attached hydrogen (secondary N) is 1. The topological polar surface area (TPSA) is 58.4 Å². The van der Waals surface area contributed by atoms with Gasteiger partial charge in [-0.25, -0.2) is 0 Å². The average molecular weight is 402 g/mol. The fourth-order valence-electron chi connectivity index (χ4n) is 4.25. The summed E-state index contributed by atoms with van der Waals surface area (Å²) in [7, 11) is 0. The molecule has 1 aliphatic heterocycles. The number of halogens is 2. The Morgan fingerprint density at radius 3 is 2.62 bits per heavy atom. The van der Waals surface area contributed by atoms with Crippen molar-refractivity contribution in [3.8, 4) is 0 Å². The van der Waals surface area contributed by atoms with Crippen LogP contribution in [0.4, 0.5) is 0 Å². The van der Waals surface area contributed by atoms with Crippen molar-refractivity contribution in [1.82, 2.24) is 10.2 Å². The van der Waals surface area contributed by atoms with Crippen LogP contribution in [0.2, 0.25) is 0 Å². The molecule has 6 heteroatoms. The number of nitrogens with zero attached hydrogens (tertiary/aromatic N) is 1. The van der Waals surface area contributed by atoms with E-state index in [-0.39, 0.29) is 48.2 Å². The minimum absolute atomic E-state index is 0. The number of benzene rings is 1. The average Bonchev–Trinajstić information content (AvgIpc) is 2.55. The van der Waals surface area contributed by atoms with Gasteiger partial charge in [0.15, 0.2) is 0 Å². The first-order valence-corrected chi connectivity index (χ1v) is 9.40. The highest BCUT2D eigenvalue weighted by Gasteiger charge is 2.38. The predicted octanol–water partition coefficient (Wildman–Crippen LogP) is 3.52. The smallest absolute Gasteiger partial charge is 0.225 e. The van der Waals surface area contributed by atoms with Gasteiger partial charge in [-0.2, -0.15) is 0 Å². The molecule has 0 spiro atoms. The number of carbonyl (C=O) groups is 1. The summed E-state index contributed by atoms with van der Waals surface area (Å²) in [6, 6.07) is 10.8. The quantitative estimate of drug-likeness (QED) is 0.810. The van der Waals surface area contributed by atoms with E-state index in [0.29, 0.717) is 0 Å². The summed E-state index contributed by atoms with van der Waals surface area (Å²) in [5, 5.41) is 3.30. The van der Waals surface area contributed by atoms with Gasteiger partial charge in [0.05, 0.1) is 5.92 Å². The molecule has 3 atom stereocenters. The fourth-order valence-corrected chi connectivity index (χ4v) is 4.25. The number of carbonyl (C=O) groups excluding carboxylic acids is 1. The zero-order valence-corrected chi connectivity index (χ0v) is 17.3. The lowest BCUT2D eigenvalue weighted by Crippen LogP contribution is -2.56. The number of hydrogen-bond donors (Lipinski definition) is 2. The number of hydrogen-bond acceptors (Lipinski definition) is 3. The van der Waals surface area contributed by atoms with Crippen LogP contribution >= 0.6 is 24.8 Å². The second kappa shape index (κ2) is 10.5. The number of likely N-dealkylation sites (tertiary alicyclic amines) is 1. The minimum Gasteiger partial charge on any atom is -0.352 e. The zero-order chi connectivity index (χ0) is 17.0. The third-order valence-corrected chi connectivity index (χ3v) is 5.67. The van der Waals surface area contributed by atoms with Crippen LogP contribution in [0.25, 0.3) is 0 Å². The van der Waals surface area contributed by atoms with Crippen LogP contribution in [-0.2, 0) is 11.3 Å². The summed E-state index contributed by atoms with van der Waals surface area (Å²) in [6.07, 6.45) is 6.36. The van der Waals surface area contributed by atoms with Crippen molar-refractivity contribution in [1.29, 1.82) is 0 Å². The summed E-state index contributed by atoms with van der Waals surface area (Å²) in [5.41, 5.74) is 7.38. The Labute approximate surface area is 170 Å². The van der Waals surface area contributed by atoms with Crippen molar-refractivity contribution in [3.63, 3.8) is 0 Å². The Bertz CT molecular complexity index is 553. The van der Waals surface area contributed by atoms with Gasteiger partial charge >= 0.3 is 0 Å². The third-order valence-electron chi connectivity index (χ3n) is 5.67. The summed E-state index contributed by atoms with van der Waals surface area (Å²) >= 11 is 0. The Morgan fingerprint density at radius 2 is 1.92 bits per heavy atom. The second-order valence-corrected chi connectivity index (χ2v) is 7.87. The molecule has 148 valence electrons. The van der Waals surface area contributed by atoms with Crippen LogP contribution in [0.1, 0.15) is 51.0 Å². The Morgan fingerprint density at radius 1 is 1.19 bits per heavy atom. The molecule has 0 bridgehead atoms. The molecule has 4 nitrogen and oxygen atoms in total. The summed E-state index contributed by atoms with van der Waals surface area (Å²) in [5.74, 6) is 0.141. The molecule has 1 aromatic rings. The first-order valence-electron chi connectivity index (χ1n) is 9.40. The molecule has 1 saturated carbocycles. The van der Waals surface area contributed by atoms with E-state index < -0.39 is 0 Å². The number of amides is 1. The normalized spacial score (nSPS) is 29.2. The van der Waals surface area contributed by atoms with Gasteiger partial charge in [-0.3, -0.25) is 9.69 Å². The molecular weight excluding hydrogens is 369 g/mol. The molecular formula is C20H33Cl2N3O. The van der Waals surface area contributed by atoms with E-state index in [1.54, 1.807) is 0 Å². The first-order chi connectivity index (χ1) is 11.5.